The van der Waals surface area contributed by atoms with Gasteiger partial charge in [0.05, 0.1) is 18.7 Å². The summed E-state index contributed by atoms with van der Waals surface area (Å²) in [5.74, 6) is -1.81. The minimum Gasteiger partial charge on any atom is -0.481 e. The van der Waals surface area contributed by atoms with Crippen molar-refractivity contribution in [1.82, 2.24) is 20.6 Å². The monoisotopic (exact) mass is 372 g/mol. The van der Waals surface area contributed by atoms with Crippen molar-refractivity contribution in [2.45, 2.75) is 31.8 Å². The summed E-state index contributed by atoms with van der Waals surface area (Å²) in [6, 6.07) is 7.48. The van der Waals surface area contributed by atoms with E-state index in [1.54, 1.807) is 0 Å². The number of aromatic nitrogens is 2. The van der Waals surface area contributed by atoms with Crippen molar-refractivity contribution in [3.05, 3.63) is 53.6 Å². The molecule has 0 aliphatic carbocycles. The maximum Gasteiger partial charge on any atom is 0.305 e. The van der Waals surface area contributed by atoms with Gasteiger partial charge in [-0.1, -0.05) is 30.3 Å². The number of carbonyl (C=O) groups excluding carboxylic acids is 3. The minimum atomic E-state index is -1.22. The van der Waals surface area contributed by atoms with Crippen LogP contribution in [0, 0.1) is 0 Å². The molecule has 142 valence electrons. The third-order valence-corrected chi connectivity index (χ3v) is 3.71. The van der Waals surface area contributed by atoms with Gasteiger partial charge in [0.25, 0.3) is 5.91 Å². The zero-order chi connectivity index (χ0) is 19.8. The van der Waals surface area contributed by atoms with Gasteiger partial charge in [0.2, 0.25) is 5.91 Å². The molecule has 9 heteroatoms. The van der Waals surface area contributed by atoms with Crippen molar-refractivity contribution >= 4 is 24.1 Å². The number of carboxylic acid groups (broad SMARTS) is 1. The zero-order valence-electron chi connectivity index (χ0n) is 14.6. The van der Waals surface area contributed by atoms with Gasteiger partial charge in [0.15, 0.2) is 0 Å². The van der Waals surface area contributed by atoms with E-state index in [0.29, 0.717) is 18.5 Å². The molecule has 2 unspecified atom stereocenters. The van der Waals surface area contributed by atoms with E-state index in [1.165, 1.54) is 13.1 Å². The van der Waals surface area contributed by atoms with Gasteiger partial charge >= 0.3 is 5.97 Å². The minimum absolute atomic E-state index is 0.193. The highest BCUT2D eigenvalue weighted by Crippen LogP contribution is 2.06. The van der Waals surface area contributed by atoms with E-state index in [1.807, 2.05) is 30.3 Å². The van der Waals surface area contributed by atoms with Gasteiger partial charge in [-0.2, -0.15) is 0 Å². The number of aliphatic carboxylic acids is 1. The number of aromatic amines is 1. The number of aldehydes is 1. The summed E-state index contributed by atoms with van der Waals surface area (Å²) in [6.07, 6.45) is 1.71. The van der Waals surface area contributed by atoms with Crippen LogP contribution in [0.15, 0.2) is 36.5 Å². The van der Waals surface area contributed by atoms with Crippen molar-refractivity contribution < 1.29 is 24.3 Å². The Labute approximate surface area is 155 Å². The number of imidazole rings is 1. The number of amides is 2. The third-order valence-electron chi connectivity index (χ3n) is 3.71. The van der Waals surface area contributed by atoms with E-state index in [4.69, 9.17) is 5.11 Å². The highest BCUT2D eigenvalue weighted by molar-refractivity contribution is 5.96. The maximum absolute atomic E-state index is 12.2. The zero-order valence-corrected chi connectivity index (χ0v) is 14.6. The number of rotatable bonds is 9. The Morgan fingerprint density at radius 2 is 1.93 bits per heavy atom. The molecule has 2 amide bonds. The number of nitrogens with one attached hydrogen (secondary N) is 3. The van der Waals surface area contributed by atoms with Gasteiger partial charge in [-0.25, -0.2) is 4.98 Å². The average Bonchev–Trinajstić information content (AvgIpc) is 3.10. The molecule has 0 aliphatic rings. The lowest BCUT2D eigenvalue weighted by molar-refractivity contribution is -0.138. The first kappa shape index (κ1) is 19.8. The number of hydrogen-bond donors (Lipinski definition) is 4. The van der Waals surface area contributed by atoms with Gasteiger partial charge in [0.1, 0.15) is 23.8 Å². The van der Waals surface area contributed by atoms with Crippen LogP contribution in [0.3, 0.4) is 0 Å². The van der Waals surface area contributed by atoms with Gasteiger partial charge in [-0.3, -0.25) is 14.4 Å². The van der Waals surface area contributed by atoms with Crippen molar-refractivity contribution in [2.75, 3.05) is 0 Å². The highest BCUT2D eigenvalue weighted by Gasteiger charge is 2.22. The Morgan fingerprint density at radius 1 is 1.22 bits per heavy atom. The molecule has 2 rings (SSSR count). The standard InChI is InChI=1S/C18H20N4O5/c1-11(17(26)21-13(10-23)8-16(24)25)20-18(27)14-9-19-15(22-14)7-12-5-3-2-4-6-12/h2-6,9-11,13H,7-8H2,1H3,(H,19,22)(H,20,27)(H,21,26)(H,24,25). The van der Waals surface area contributed by atoms with Gasteiger partial charge < -0.3 is 25.5 Å². The first-order valence-electron chi connectivity index (χ1n) is 8.25. The summed E-state index contributed by atoms with van der Waals surface area (Å²) in [6.45, 7) is 1.43. The topological polar surface area (TPSA) is 141 Å². The van der Waals surface area contributed by atoms with E-state index >= 15 is 0 Å². The number of benzene rings is 1. The van der Waals surface area contributed by atoms with Crippen LogP contribution < -0.4 is 10.6 Å². The lowest BCUT2D eigenvalue weighted by Crippen LogP contribution is -2.49. The summed E-state index contributed by atoms with van der Waals surface area (Å²) >= 11 is 0. The summed E-state index contributed by atoms with van der Waals surface area (Å²) in [5.41, 5.74) is 1.22. The largest absolute Gasteiger partial charge is 0.481 e. The van der Waals surface area contributed by atoms with Crippen LogP contribution in [0.1, 0.15) is 35.2 Å². The highest BCUT2D eigenvalue weighted by atomic mass is 16.4. The summed E-state index contributed by atoms with van der Waals surface area (Å²) in [4.78, 5) is 52.7. The van der Waals surface area contributed by atoms with Gasteiger partial charge in [-0.05, 0) is 12.5 Å². The SMILES string of the molecule is CC(NC(=O)c1cnc(Cc2ccccc2)[nH]1)C(=O)NC(C=O)CC(=O)O. The van der Waals surface area contributed by atoms with Crippen LogP contribution in [0.2, 0.25) is 0 Å². The molecule has 9 nitrogen and oxygen atoms in total. The second kappa shape index (κ2) is 9.27. The van der Waals surface area contributed by atoms with Crippen LogP contribution in [-0.4, -0.2) is 51.2 Å². The summed E-state index contributed by atoms with van der Waals surface area (Å²) in [5, 5.41) is 13.4. The number of hydrogen-bond acceptors (Lipinski definition) is 5. The number of nitrogens with zero attached hydrogens (tertiary/aromatic N) is 1. The molecule has 0 saturated heterocycles. The normalized spacial score (nSPS) is 12.6. The molecule has 1 aromatic carbocycles. The average molecular weight is 372 g/mol. The van der Waals surface area contributed by atoms with E-state index in [2.05, 4.69) is 20.6 Å². The molecule has 0 spiro atoms. The quantitative estimate of drug-likeness (QED) is 0.466. The summed E-state index contributed by atoms with van der Waals surface area (Å²) < 4.78 is 0. The van der Waals surface area contributed by atoms with Crippen molar-refractivity contribution in [1.29, 1.82) is 0 Å². The van der Waals surface area contributed by atoms with Crippen LogP contribution in [0.4, 0.5) is 0 Å². The Morgan fingerprint density at radius 3 is 2.56 bits per heavy atom. The molecule has 2 atom stereocenters. The molecule has 0 bridgehead atoms. The first-order chi connectivity index (χ1) is 12.9. The predicted molar refractivity (Wildman–Crippen MR) is 95.0 cm³/mol. The fourth-order valence-corrected chi connectivity index (χ4v) is 2.33. The maximum atomic E-state index is 12.2. The van der Waals surface area contributed by atoms with Crippen molar-refractivity contribution in [3.63, 3.8) is 0 Å². The smallest absolute Gasteiger partial charge is 0.305 e. The molecule has 2 aromatic rings. The Bertz CT molecular complexity index is 818. The molecule has 0 radical (unpaired) electrons. The number of H-pyrrole nitrogens is 1. The molecule has 0 aliphatic heterocycles. The molecule has 27 heavy (non-hydrogen) atoms. The van der Waals surface area contributed by atoms with E-state index in [9.17, 15) is 19.2 Å². The second-order valence-electron chi connectivity index (χ2n) is 5.95. The van der Waals surface area contributed by atoms with Crippen LogP contribution >= 0.6 is 0 Å². The van der Waals surface area contributed by atoms with Crippen molar-refractivity contribution in [3.8, 4) is 0 Å². The third kappa shape index (κ3) is 6.07. The predicted octanol–water partition coefficient (Wildman–Crippen LogP) is 0.277. The van der Waals surface area contributed by atoms with Gasteiger partial charge in [0, 0.05) is 6.42 Å². The fourth-order valence-electron chi connectivity index (χ4n) is 2.33. The van der Waals surface area contributed by atoms with Crippen LogP contribution in [0.5, 0.6) is 0 Å². The Hall–Kier alpha value is -3.49. The van der Waals surface area contributed by atoms with E-state index < -0.39 is 36.3 Å². The van der Waals surface area contributed by atoms with Crippen LogP contribution in [-0.2, 0) is 20.8 Å². The Balaban J connectivity index is 1.91. The lowest BCUT2D eigenvalue weighted by Gasteiger charge is -2.16. The molecule has 4 N–H and O–H groups in total. The fraction of sp³-hybridized carbons (Fsp3) is 0.278. The molecule has 1 aromatic heterocycles. The molecule has 0 saturated carbocycles. The summed E-state index contributed by atoms with van der Waals surface area (Å²) in [7, 11) is 0. The Kier molecular flexibility index (Phi) is 6.81. The molecular weight excluding hydrogens is 352 g/mol. The van der Waals surface area contributed by atoms with Gasteiger partial charge in [-0.15, -0.1) is 0 Å². The van der Waals surface area contributed by atoms with E-state index in [-0.39, 0.29) is 5.69 Å². The van der Waals surface area contributed by atoms with Crippen molar-refractivity contribution in [2.24, 2.45) is 0 Å². The first-order valence-corrected chi connectivity index (χ1v) is 8.25. The lowest BCUT2D eigenvalue weighted by atomic mass is 10.1. The second-order valence-corrected chi connectivity index (χ2v) is 5.95. The molecule has 1 heterocycles. The number of carboxylic acids is 1. The van der Waals surface area contributed by atoms with Crippen LogP contribution in [0.25, 0.3) is 0 Å². The van der Waals surface area contributed by atoms with E-state index in [0.717, 1.165) is 5.56 Å². The number of carbonyl (C=O) groups is 4. The molecular formula is C18H20N4O5. The molecule has 0 fully saturated rings.